The van der Waals surface area contributed by atoms with Crippen LogP contribution in [-0.4, -0.2) is 25.2 Å². The second kappa shape index (κ2) is 10.0. The highest BCUT2D eigenvalue weighted by atomic mass is 32.2. The van der Waals surface area contributed by atoms with Gasteiger partial charge in [-0.1, -0.05) is 66.2 Å². The highest BCUT2D eigenvalue weighted by Gasteiger charge is 2.43. The van der Waals surface area contributed by atoms with Crippen molar-refractivity contribution in [1.29, 1.82) is 5.26 Å². The molecule has 1 atom stereocenters. The molecule has 4 aromatic rings. The van der Waals surface area contributed by atoms with E-state index in [0.717, 1.165) is 5.56 Å². The van der Waals surface area contributed by atoms with Gasteiger partial charge >= 0.3 is 6.18 Å². The van der Waals surface area contributed by atoms with Gasteiger partial charge in [0.25, 0.3) is 0 Å². The van der Waals surface area contributed by atoms with Gasteiger partial charge in [0, 0.05) is 17.4 Å². The van der Waals surface area contributed by atoms with E-state index in [-0.39, 0.29) is 11.3 Å². The van der Waals surface area contributed by atoms with Crippen molar-refractivity contribution in [2.45, 2.75) is 50.9 Å². The first-order valence-electron chi connectivity index (χ1n) is 11.6. The molecule has 37 heavy (non-hydrogen) atoms. The molecule has 1 unspecified atom stereocenters. The smallest absolute Gasteiger partial charge is 0.338 e. The molecular weight excluding hydrogens is 499 g/mol. The third kappa shape index (κ3) is 5.26. The number of halogens is 3. The van der Waals surface area contributed by atoms with Crippen molar-refractivity contribution < 1.29 is 21.6 Å². The molecule has 0 amide bonds. The molecule has 9 heteroatoms. The van der Waals surface area contributed by atoms with Gasteiger partial charge in [0.2, 0.25) is 10.0 Å². The Hall–Kier alpha value is -3.61. The maximum Gasteiger partial charge on any atom is 0.406 e. The lowest BCUT2D eigenvalue weighted by Crippen LogP contribution is -2.48. The number of aryl methyl sites for hydroxylation is 3. The summed E-state index contributed by atoms with van der Waals surface area (Å²) < 4.78 is 73.2. The highest BCUT2D eigenvalue weighted by molar-refractivity contribution is 7.89. The van der Waals surface area contributed by atoms with Gasteiger partial charge in [-0.05, 0) is 49.1 Å². The molecule has 4 rings (SSSR count). The third-order valence-electron chi connectivity index (χ3n) is 6.31. The molecule has 0 saturated carbocycles. The summed E-state index contributed by atoms with van der Waals surface area (Å²) in [4.78, 5) is -0.154. The number of benzene rings is 3. The van der Waals surface area contributed by atoms with E-state index in [1.54, 1.807) is 87.5 Å². The molecule has 0 fully saturated rings. The van der Waals surface area contributed by atoms with Crippen LogP contribution in [0.1, 0.15) is 22.3 Å². The van der Waals surface area contributed by atoms with Crippen molar-refractivity contribution in [1.82, 2.24) is 9.29 Å². The van der Waals surface area contributed by atoms with E-state index in [1.807, 2.05) is 4.72 Å². The molecule has 1 aromatic heterocycles. The number of fused-ring (bicyclic) bond motifs is 1. The van der Waals surface area contributed by atoms with E-state index in [2.05, 4.69) is 6.07 Å². The molecule has 0 bridgehead atoms. The standard InChI is InChI=1S/C28H26F3N3O2S/c1-18-15-19(2)27(20(3)16-18)37(35,36)33-25(28(29,30)31)17-34-24-12-8-7-11-22(24)23(13-14-32)26(34)21-9-5-4-6-10-21/h4-12,15-16,25,33H,13,17H2,1-3H3. The number of sulfonamides is 1. The second-order valence-corrected chi connectivity index (χ2v) is 10.7. The number of hydrogen-bond donors (Lipinski definition) is 1. The van der Waals surface area contributed by atoms with Crippen molar-refractivity contribution in [3.63, 3.8) is 0 Å². The Labute approximate surface area is 214 Å². The van der Waals surface area contributed by atoms with Crippen LogP contribution < -0.4 is 4.72 Å². The number of nitrogens with zero attached hydrogens (tertiary/aromatic N) is 2. The molecule has 0 aliphatic heterocycles. The largest absolute Gasteiger partial charge is 0.406 e. The molecule has 0 spiro atoms. The lowest BCUT2D eigenvalue weighted by atomic mass is 10.0. The van der Waals surface area contributed by atoms with Gasteiger partial charge in [-0.25, -0.2) is 8.42 Å². The van der Waals surface area contributed by atoms with Crippen LogP contribution in [0, 0.1) is 32.1 Å². The molecule has 0 aliphatic carbocycles. The van der Waals surface area contributed by atoms with Crippen molar-refractivity contribution >= 4 is 20.9 Å². The van der Waals surface area contributed by atoms with Crippen molar-refractivity contribution in [2.24, 2.45) is 0 Å². The van der Waals surface area contributed by atoms with E-state index >= 15 is 0 Å². The summed E-state index contributed by atoms with van der Waals surface area (Å²) in [7, 11) is -4.51. The summed E-state index contributed by atoms with van der Waals surface area (Å²) >= 11 is 0. The lowest BCUT2D eigenvalue weighted by molar-refractivity contribution is -0.153. The molecule has 192 valence electrons. The molecule has 3 aromatic carbocycles. The zero-order valence-electron chi connectivity index (χ0n) is 20.6. The number of nitriles is 1. The molecule has 0 aliphatic rings. The van der Waals surface area contributed by atoms with Gasteiger partial charge in [0.15, 0.2) is 0 Å². The Morgan fingerprint density at radius 1 is 0.973 bits per heavy atom. The first-order valence-corrected chi connectivity index (χ1v) is 13.1. The lowest BCUT2D eigenvalue weighted by Gasteiger charge is -2.25. The van der Waals surface area contributed by atoms with E-state index in [1.165, 1.54) is 4.57 Å². The average molecular weight is 526 g/mol. The predicted octanol–water partition coefficient (Wildman–Crippen LogP) is 6.21. The summed E-state index contributed by atoms with van der Waals surface area (Å²) in [5.74, 6) is 0. The maximum atomic E-state index is 14.4. The van der Waals surface area contributed by atoms with Crippen LogP contribution in [0.5, 0.6) is 0 Å². The number of para-hydroxylation sites is 1. The monoisotopic (exact) mass is 525 g/mol. The number of hydrogen-bond acceptors (Lipinski definition) is 3. The van der Waals surface area contributed by atoms with Gasteiger partial charge in [-0.2, -0.15) is 23.2 Å². The Kier molecular flexibility index (Phi) is 7.18. The molecule has 5 nitrogen and oxygen atoms in total. The van der Waals surface area contributed by atoms with Crippen molar-refractivity contribution in [3.8, 4) is 17.3 Å². The van der Waals surface area contributed by atoms with Crippen LogP contribution in [0.4, 0.5) is 13.2 Å². The molecule has 0 saturated heterocycles. The third-order valence-corrected chi connectivity index (χ3v) is 8.09. The first-order chi connectivity index (χ1) is 17.4. The summed E-state index contributed by atoms with van der Waals surface area (Å²) in [5, 5.41) is 10.1. The zero-order chi connectivity index (χ0) is 27.0. The van der Waals surface area contributed by atoms with Crippen LogP contribution in [0.2, 0.25) is 0 Å². The van der Waals surface area contributed by atoms with Crippen molar-refractivity contribution in [3.05, 3.63) is 89.0 Å². The van der Waals surface area contributed by atoms with Gasteiger partial charge in [0.05, 0.1) is 23.1 Å². The summed E-state index contributed by atoms with van der Waals surface area (Å²) in [6, 6.07) is 18.7. The number of alkyl halides is 3. The quantitative estimate of drug-likeness (QED) is 0.312. The van der Waals surface area contributed by atoms with Crippen LogP contribution in [-0.2, 0) is 23.0 Å². The van der Waals surface area contributed by atoms with Crippen LogP contribution >= 0.6 is 0 Å². The average Bonchev–Trinajstić information content (AvgIpc) is 3.11. The fourth-order valence-electron chi connectivity index (χ4n) is 4.98. The zero-order valence-corrected chi connectivity index (χ0v) is 21.4. The molecule has 0 radical (unpaired) electrons. The van der Waals surface area contributed by atoms with E-state index in [4.69, 9.17) is 0 Å². The van der Waals surface area contributed by atoms with Gasteiger partial charge in [-0.15, -0.1) is 0 Å². The molecule has 1 N–H and O–H groups in total. The minimum atomic E-state index is -4.88. The first kappa shape index (κ1) is 26.5. The Morgan fingerprint density at radius 2 is 1.57 bits per heavy atom. The molecular formula is C28H26F3N3O2S. The molecule has 1 heterocycles. The summed E-state index contributed by atoms with van der Waals surface area (Å²) in [6.45, 7) is 4.23. The minimum Gasteiger partial charge on any atom is -0.338 e. The Morgan fingerprint density at radius 3 is 2.16 bits per heavy atom. The van der Waals surface area contributed by atoms with Gasteiger partial charge in [0.1, 0.15) is 6.04 Å². The van der Waals surface area contributed by atoms with Crippen LogP contribution in [0.25, 0.3) is 22.2 Å². The maximum absolute atomic E-state index is 14.4. The predicted molar refractivity (Wildman–Crippen MR) is 138 cm³/mol. The second-order valence-electron chi connectivity index (χ2n) is 9.10. The summed E-state index contributed by atoms with van der Waals surface area (Å²) in [5.41, 5.74) is 3.74. The fourth-order valence-corrected chi connectivity index (χ4v) is 6.64. The van der Waals surface area contributed by atoms with E-state index in [0.29, 0.717) is 38.9 Å². The summed E-state index contributed by atoms with van der Waals surface area (Å²) in [6.07, 6.45) is -4.89. The Balaban J connectivity index is 1.88. The number of aromatic nitrogens is 1. The topological polar surface area (TPSA) is 74.9 Å². The normalized spacial score (nSPS) is 13.0. The SMILES string of the molecule is Cc1cc(C)c(S(=O)(=O)NC(Cn2c(-c3ccccc3)c(CC#N)c3ccccc32)C(F)(F)F)c(C)c1. The highest BCUT2D eigenvalue weighted by Crippen LogP contribution is 2.36. The van der Waals surface area contributed by atoms with Crippen LogP contribution in [0.3, 0.4) is 0 Å². The van der Waals surface area contributed by atoms with E-state index in [9.17, 15) is 26.9 Å². The number of rotatable bonds is 7. The van der Waals surface area contributed by atoms with Gasteiger partial charge < -0.3 is 4.57 Å². The van der Waals surface area contributed by atoms with Gasteiger partial charge in [-0.3, -0.25) is 0 Å². The number of nitrogens with one attached hydrogen (secondary N) is 1. The fraction of sp³-hybridized carbons (Fsp3) is 0.250. The van der Waals surface area contributed by atoms with Crippen LogP contribution in [0.15, 0.2) is 71.6 Å². The van der Waals surface area contributed by atoms with E-state index < -0.39 is 28.8 Å². The minimum absolute atomic E-state index is 0.0120. The van der Waals surface area contributed by atoms with Crippen molar-refractivity contribution in [2.75, 3.05) is 0 Å². The Bertz CT molecular complexity index is 1580.